The smallest absolute Gasteiger partial charge is 0.142 e. The van der Waals surface area contributed by atoms with E-state index >= 15 is 0 Å². The lowest BCUT2D eigenvalue weighted by atomic mass is 9.75. The van der Waals surface area contributed by atoms with Crippen LogP contribution in [0.15, 0.2) is 18.2 Å². The van der Waals surface area contributed by atoms with Crippen LogP contribution in [0.2, 0.25) is 5.02 Å². The van der Waals surface area contributed by atoms with Crippen LogP contribution in [0.1, 0.15) is 45.1 Å². The van der Waals surface area contributed by atoms with Gasteiger partial charge in [0.15, 0.2) is 0 Å². The maximum absolute atomic E-state index is 13.5. The Morgan fingerprint density at radius 2 is 2.10 bits per heavy atom. The van der Waals surface area contributed by atoms with Crippen LogP contribution in [-0.4, -0.2) is 23.4 Å². The van der Waals surface area contributed by atoms with E-state index in [0.29, 0.717) is 18.9 Å². The van der Waals surface area contributed by atoms with Gasteiger partial charge in [-0.25, -0.2) is 4.39 Å². The van der Waals surface area contributed by atoms with Gasteiger partial charge >= 0.3 is 0 Å². The zero-order chi connectivity index (χ0) is 15.5. The average molecular weight is 315 g/mol. The summed E-state index contributed by atoms with van der Waals surface area (Å²) in [6.45, 7) is 4.77. The number of hydrogen-bond donors (Lipinski definition) is 1. The Morgan fingerprint density at radius 3 is 2.67 bits per heavy atom. The fourth-order valence-electron chi connectivity index (χ4n) is 3.19. The number of hydrogen-bond acceptors (Lipinski definition) is 2. The van der Waals surface area contributed by atoms with Crippen molar-refractivity contribution in [2.75, 3.05) is 6.61 Å². The first-order chi connectivity index (χ1) is 9.97. The van der Waals surface area contributed by atoms with Gasteiger partial charge in [-0.05, 0) is 56.2 Å². The molecule has 0 heterocycles. The van der Waals surface area contributed by atoms with E-state index < -0.39 is 17.5 Å². The third-order valence-corrected chi connectivity index (χ3v) is 4.88. The van der Waals surface area contributed by atoms with Crippen LogP contribution in [0.4, 0.5) is 4.39 Å². The van der Waals surface area contributed by atoms with Crippen LogP contribution < -0.4 is 0 Å². The van der Waals surface area contributed by atoms with E-state index in [1.165, 1.54) is 12.1 Å². The molecule has 1 atom stereocenters. The van der Waals surface area contributed by atoms with Crippen LogP contribution in [-0.2, 0) is 11.2 Å². The molecule has 1 aromatic rings. The number of aliphatic hydroxyl groups excluding tert-OH is 1. The predicted octanol–water partition coefficient (Wildman–Crippen LogP) is 4.37. The summed E-state index contributed by atoms with van der Waals surface area (Å²) in [5.41, 5.74) is 0.263. The number of aliphatic hydroxyl groups is 1. The Kier molecular flexibility index (Phi) is 5.64. The molecule has 1 aliphatic carbocycles. The molecule has 0 aliphatic heterocycles. The Labute approximate surface area is 131 Å². The van der Waals surface area contributed by atoms with Crippen molar-refractivity contribution in [2.45, 2.75) is 57.7 Å². The molecule has 0 spiro atoms. The molecule has 1 saturated carbocycles. The molecule has 0 radical (unpaired) electrons. The molecule has 1 aromatic carbocycles. The van der Waals surface area contributed by atoms with Gasteiger partial charge in [0.25, 0.3) is 0 Å². The normalized spacial score (nSPS) is 27.6. The lowest BCUT2D eigenvalue weighted by Crippen LogP contribution is -2.48. The van der Waals surface area contributed by atoms with E-state index in [-0.39, 0.29) is 5.02 Å². The molecule has 118 valence electrons. The van der Waals surface area contributed by atoms with Gasteiger partial charge < -0.3 is 9.84 Å². The van der Waals surface area contributed by atoms with E-state index in [4.69, 9.17) is 16.3 Å². The lowest BCUT2D eigenvalue weighted by Gasteiger charge is -2.42. The maximum Gasteiger partial charge on any atom is 0.142 e. The molecule has 0 amide bonds. The highest BCUT2D eigenvalue weighted by Crippen LogP contribution is 2.38. The Hall–Kier alpha value is -0.640. The lowest BCUT2D eigenvalue weighted by molar-refractivity contribution is -0.143. The highest BCUT2D eigenvalue weighted by atomic mass is 35.5. The molecular formula is C17H24ClFO2. The zero-order valence-electron chi connectivity index (χ0n) is 12.7. The minimum atomic E-state index is -0.620. The third-order valence-electron chi connectivity index (χ3n) is 4.57. The second kappa shape index (κ2) is 7.08. The van der Waals surface area contributed by atoms with Gasteiger partial charge in [-0.3, -0.25) is 0 Å². The van der Waals surface area contributed by atoms with Crippen molar-refractivity contribution in [1.29, 1.82) is 0 Å². The minimum Gasteiger partial charge on any atom is -0.390 e. The van der Waals surface area contributed by atoms with E-state index in [0.717, 1.165) is 31.2 Å². The number of halogens is 2. The van der Waals surface area contributed by atoms with Crippen LogP contribution in [0.3, 0.4) is 0 Å². The quantitative estimate of drug-likeness (QED) is 0.874. The summed E-state index contributed by atoms with van der Waals surface area (Å²) in [5, 5.41) is 10.8. The van der Waals surface area contributed by atoms with Crippen LogP contribution in [0, 0.1) is 11.7 Å². The summed E-state index contributed by atoms with van der Waals surface area (Å²) >= 11 is 5.70. The number of ether oxygens (including phenoxy) is 1. The van der Waals surface area contributed by atoms with Crippen molar-refractivity contribution < 1.29 is 14.2 Å². The summed E-state index contributed by atoms with van der Waals surface area (Å²) < 4.78 is 19.5. The van der Waals surface area contributed by atoms with Crippen LogP contribution in [0.25, 0.3) is 0 Å². The molecule has 0 bridgehead atoms. The van der Waals surface area contributed by atoms with Gasteiger partial charge in [-0.2, -0.15) is 0 Å². The van der Waals surface area contributed by atoms with Crippen molar-refractivity contribution in [3.05, 3.63) is 34.6 Å². The molecule has 1 N–H and O–H groups in total. The summed E-state index contributed by atoms with van der Waals surface area (Å²) in [5.74, 6) is 0.239. The van der Waals surface area contributed by atoms with Gasteiger partial charge in [0.1, 0.15) is 5.82 Å². The fraction of sp³-hybridized carbons (Fsp3) is 0.647. The van der Waals surface area contributed by atoms with Crippen LogP contribution >= 0.6 is 11.6 Å². The van der Waals surface area contributed by atoms with Gasteiger partial charge in [0.05, 0.1) is 16.7 Å². The summed E-state index contributed by atoms with van der Waals surface area (Å²) in [7, 11) is 0. The molecular weight excluding hydrogens is 291 g/mol. The third kappa shape index (κ3) is 3.97. The highest BCUT2D eigenvalue weighted by molar-refractivity contribution is 6.30. The van der Waals surface area contributed by atoms with E-state index in [9.17, 15) is 9.50 Å². The second-order valence-corrected chi connectivity index (χ2v) is 6.56. The Balaban J connectivity index is 2.11. The van der Waals surface area contributed by atoms with E-state index in [2.05, 4.69) is 6.92 Å². The van der Waals surface area contributed by atoms with Gasteiger partial charge in [0, 0.05) is 13.0 Å². The van der Waals surface area contributed by atoms with Crippen molar-refractivity contribution >= 4 is 11.6 Å². The van der Waals surface area contributed by atoms with Crippen LogP contribution in [0.5, 0.6) is 0 Å². The number of rotatable bonds is 5. The fourth-order valence-corrected chi connectivity index (χ4v) is 3.31. The average Bonchev–Trinajstić information content (AvgIpc) is 2.46. The van der Waals surface area contributed by atoms with E-state index in [1.54, 1.807) is 6.07 Å². The molecule has 4 heteroatoms. The summed E-state index contributed by atoms with van der Waals surface area (Å²) in [6, 6.07) is 4.70. The maximum atomic E-state index is 13.5. The zero-order valence-corrected chi connectivity index (χ0v) is 13.5. The van der Waals surface area contributed by atoms with Crippen molar-refractivity contribution in [3.8, 4) is 0 Å². The molecule has 2 nitrogen and oxygen atoms in total. The first-order valence-corrected chi connectivity index (χ1v) is 8.10. The van der Waals surface area contributed by atoms with E-state index in [1.807, 2.05) is 6.92 Å². The molecule has 0 saturated heterocycles. The molecule has 1 aliphatic rings. The monoisotopic (exact) mass is 314 g/mol. The predicted molar refractivity (Wildman–Crippen MR) is 83.1 cm³/mol. The summed E-state index contributed by atoms with van der Waals surface area (Å²) in [4.78, 5) is 0. The van der Waals surface area contributed by atoms with Gasteiger partial charge in [-0.1, -0.05) is 24.6 Å². The topological polar surface area (TPSA) is 29.5 Å². The molecule has 1 unspecified atom stereocenters. The second-order valence-electron chi connectivity index (χ2n) is 6.15. The number of benzene rings is 1. The molecule has 2 rings (SSSR count). The first-order valence-electron chi connectivity index (χ1n) is 7.73. The van der Waals surface area contributed by atoms with Gasteiger partial charge in [0.2, 0.25) is 0 Å². The van der Waals surface area contributed by atoms with Crippen molar-refractivity contribution in [3.63, 3.8) is 0 Å². The molecule has 0 aromatic heterocycles. The van der Waals surface area contributed by atoms with Crippen molar-refractivity contribution in [1.82, 2.24) is 0 Å². The largest absolute Gasteiger partial charge is 0.390 e. The standard InChI is InChI=1S/C17H24ClFO2/c1-3-21-17(8-6-12(2)7-9-17)16(20)11-13-4-5-14(18)15(19)10-13/h4-5,10,12,16,20H,3,6-9,11H2,1-2H3. The molecule has 1 fully saturated rings. The van der Waals surface area contributed by atoms with Gasteiger partial charge in [-0.15, -0.1) is 0 Å². The SMILES string of the molecule is CCOC1(C(O)Cc2ccc(Cl)c(F)c2)CCC(C)CC1. The Morgan fingerprint density at radius 1 is 1.43 bits per heavy atom. The van der Waals surface area contributed by atoms with Crippen molar-refractivity contribution in [2.24, 2.45) is 5.92 Å². The Bertz CT molecular complexity index is 470. The highest BCUT2D eigenvalue weighted by Gasteiger charge is 2.41. The molecule has 21 heavy (non-hydrogen) atoms. The summed E-state index contributed by atoms with van der Waals surface area (Å²) in [6.07, 6.45) is 3.62. The first kappa shape index (κ1) is 16.7. The minimum absolute atomic E-state index is 0.110.